The minimum atomic E-state index is -2.95. The highest BCUT2D eigenvalue weighted by molar-refractivity contribution is 8.01. The third kappa shape index (κ3) is 2.70. The van der Waals surface area contributed by atoms with Crippen molar-refractivity contribution in [1.29, 1.82) is 0 Å². The van der Waals surface area contributed by atoms with Gasteiger partial charge in [-0.05, 0) is 7.05 Å². The van der Waals surface area contributed by atoms with E-state index in [9.17, 15) is 8.42 Å². The number of hydrogen-bond donors (Lipinski definition) is 1. The van der Waals surface area contributed by atoms with Crippen LogP contribution in [0.5, 0.6) is 0 Å². The molecule has 2 N–H and O–H groups in total. The average molecular weight is 265 g/mol. The molecule has 2 aliphatic rings. The number of rotatable bonds is 1. The van der Waals surface area contributed by atoms with Gasteiger partial charge in [-0.25, -0.2) is 13.4 Å². The molecule has 2 atom stereocenters. The molecule has 2 aliphatic heterocycles. The predicted octanol–water partition coefficient (Wildman–Crippen LogP) is -0.994. The lowest BCUT2D eigenvalue weighted by molar-refractivity contribution is 0.266. The van der Waals surface area contributed by atoms with Crippen molar-refractivity contribution < 1.29 is 8.42 Å². The fourth-order valence-corrected chi connectivity index (χ4v) is 6.10. The van der Waals surface area contributed by atoms with Crippen LogP contribution >= 0.6 is 11.8 Å². The first-order valence-corrected chi connectivity index (χ1v) is 8.27. The lowest BCUT2D eigenvalue weighted by atomic mass is 10.2. The molecule has 0 amide bonds. The van der Waals surface area contributed by atoms with Gasteiger partial charge in [0.05, 0.1) is 11.0 Å². The van der Waals surface area contributed by atoms with Gasteiger partial charge in [0.2, 0.25) is 0 Å². The second kappa shape index (κ2) is 4.81. The summed E-state index contributed by atoms with van der Waals surface area (Å²) in [6, 6.07) is 0. The number of nitrogens with two attached hydrogens (primary N) is 1. The van der Waals surface area contributed by atoms with E-state index < -0.39 is 9.84 Å². The Labute approximate surface area is 101 Å². The van der Waals surface area contributed by atoms with Crippen molar-refractivity contribution in [3.8, 4) is 0 Å². The van der Waals surface area contributed by atoms with Gasteiger partial charge in [0, 0.05) is 37.2 Å². The van der Waals surface area contributed by atoms with E-state index in [2.05, 4.69) is 4.90 Å². The molecule has 0 saturated carbocycles. The van der Waals surface area contributed by atoms with Crippen LogP contribution in [0.25, 0.3) is 0 Å². The van der Waals surface area contributed by atoms with Crippen LogP contribution < -0.4 is 5.84 Å². The van der Waals surface area contributed by atoms with E-state index in [1.165, 1.54) is 0 Å². The molecule has 5 nitrogen and oxygen atoms in total. The molecule has 2 rings (SSSR count). The van der Waals surface area contributed by atoms with Crippen molar-refractivity contribution in [2.45, 2.75) is 10.5 Å². The Balaban J connectivity index is 2.10. The van der Waals surface area contributed by atoms with E-state index in [1.807, 2.05) is 7.05 Å². The van der Waals surface area contributed by atoms with Gasteiger partial charge < -0.3 is 4.90 Å². The summed E-state index contributed by atoms with van der Waals surface area (Å²) < 4.78 is 24.0. The second-order valence-electron chi connectivity index (χ2n) is 4.57. The number of thioether (sulfide) groups is 1. The molecule has 0 aromatic rings. The van der Waals surface area contributed by atoms with Crippen molar-refractivity contribution in [2.24, 2.45) is 5.84 Å². The summed E-state index contributed by atoms with van der Waals surface area (Å²) in [6.07, 6.45) is 0. The highest BCUT2D eigenvalue weighted by Crippen LogP contribution is 2.27. The maximum absolute atomic E-state index is 12.0. The zero-order valence-electron chi connectivity index (χ0n) is 9.50. The Bertz CT molecular complexity index is 347. The summed E-state index contributed by atoms with van der Waals surface area (Å²) in [5, 5.41) is 1.52. The molecule has 2 fully saturated rings. The number of nitrogens with zero attached hydrogens (tertiary/aromatic N) is 2. The lowest BCUT2D eigenvalue weighted by Crippen LogP contribution is -2.56. The molecule has 0 bridgehead atoms. The SMILES string of the molecule is CN1CCSC(C2CN(N)CCS2(=O)=O)C1. The van der Waals surface area contributed by atoms with E-state index in [-0.39, 0.29) is 16.3 Å². The maximum Gasteiger partial charge on any atom is 0.156 e. The Hall–Kier alpha value is 0.180. The van der Waals surface area contributed by atoms with Gasteiger partial charge in [0.15, 0.2) is 9.84 Å². The van der Waals surface area contributed by atoms with Crippen LogP contribution in [-0.2, 0) is 9.84 Å². The standard InChI is InChI=1S/C9H19N3O2S2/c1-11-2-4-15-8(6-11)9-7-12(10)3-5-16(9,13)14/h8-9H,2-7,10H2,1H3. The molecule has 0 spiro atoms. The third-order valence-corrected chi connectivity index (χ3v) is 6.90. The Kier molecular flexibility index (Phi) is 3.80. The van der Waals surface area contributed by atoms with Crippen LogP contribution in [0.3, 0.4) is 0 Å². The number of sulfone groups is 1. The molecular formula is C9H19N3O2S2. The quantitative estimate of drug-likeness (QED) is 0.614. The number of hydrogen-bond acceptors (Lipinski definition) is 6. The molecule has 94 valence electrons. The van der Waals surface area contributed by atoms with E-state index in [0.29, 0.717) is 13.1 Å². The van der Waals surface area contributed by atoms with Gasteiger partial charge in [-0.3, -0.25) is 5.84 Å². The fraction of sp³-hybridized carbons (Fsp3) is 1.00. The van der Waals surface area contributed by atoms with Crippen LogP contribution in [-0.4, -0.2) is 73.6 Å². The van der Waals surface area contributed by atoms with Crippen molar-refractivity contribution in [3.63, 3.8) is 0 Å². The molecule has 0 aromatic carbocycles. The largest absolute Gasteiger partial charge is 0.304 e. The van der Waals surface area contributed by atoms with Gasteiger partial charge in [-0.2, -0.15) is 11.8 Å². The highest BCUT2D eigenvalue weighted by atomic mass is 32.2. The predicted molar refractivity (Wildman–Crippen MR) is 67.1 cm³/mol. The van der Waals surface area contributed by atoms with Crippen molar-refractivity contribution in [3.05, 3.63) is 0 Å². The summed E-state index contributed by atoms with van der Waals surface area (Å²) in [5.74, 6) is 6.95. The van der Waals surface area contributed by atoms with Crippen molar-refractivity contribution >= 4 is 21.6 Å². The average Bonchev–Trinajstić information content (AvgIpc) is 2.22. The first-order valence-electron chi connectivity index (χ1n) is 5.50. The fourth-order valence-electron chi connectivity index (χ4n) is 2.22. The van der Waals surface area contributed by atoms with Crippen molar-refractivity contribution in [1.82, 2.24) is 9.91 Å². The normalized spacial score (nSPS) is 37.4. The zero-order chi connectivity index (χ0) is 11.8. The van der Waals surface area contributed by atoms with E-state index in [0.717, 1.165) is 18.8 Å². The monoisotopic (exact) mass is 265 g/mol. The third-order valence-electron chi connectivity index (χ3n) is 3.25. The van der Waals surface area contributed by atoms with Crippen LogP contribution in [0.4, 0.5) is 0 Å². The molecule has 2 saturated heterocycles. The van der Waals surface area contributed by atoms with E-state index in [4.69, 9.17) is 5.84 Å². The first-order chi connectivity index (χ1) is 7.49. The van der Waals surface area contributed by atoms with Crippen LogP contribution in [0.2, 0.25) is 0 Å². The zero-order valence-corrected chi connectivity index (χ0v) is 11.1. The van der Waals surface area contributed by atoms with E-state index >= 15 is 0 Å². The molecule has 2 unspecified atom stereocenters. The summed E-state index contributed by atoms with van der Waals surface area (Å²) >= 11 is 1.77. The smallest absolute Gasteiger partial charge is 0.156 e. The van der Waals surface area contributed by atoms with Crippen molar-refractivity contribution in [2.75, 3.05) is 44.7 Å². The molecule has 16 heavy (non-hydrogen) atoms. The molecule has 7 heteroatoms. The summed E-state index contributed by atoms with van der Waals surface area (Å²) in [4.78, 5) is 2.20. The maximum atomic E-state index is 12.0. The highest BCUT2D eigenvalue weighted by Gasteiger charge is 2.39. The molecule has 0 aromatic heterocycles. The number of hydrazine groups is 1. The van der Waals surface area contributed by atoms with Gasteiger partial charge in [0.1, 0.15) is 0 Å². The van der Waals surface area contributed by atoms with Crippen LogP contribution in [0, 0.1) is 0 Å². The van der Waals surface area contributed by atoms with Gasteiger partial charge in [-0.15, -0.1) is 0 Å². The summed E-state index contributed by atoms with van der Waals surface area (Å²) in [7, 11) is -0.905. The lowest BCUT2D eigenvalue weighted by Gasteiger charge is -2.38. The van der Waals surface area contributed by atoms with Gasteiger partial charge in [0.25, 0.3) is 0 Å². The van der Waals surface area contributed by atoms with Gasteiger partial charge >= 0.3 is 0 Å². The Morgan fingerprint density at radius 3 is 2.75 bits per heavy atom. The Morgan fingerprint density at radius 1 is 1.31 bits per heavy atom. The van der Waals surface area contributed by atoms with E-state index in [1.54, 1.807) is 16.8 Å². The van der Waals surface area contributed by atoms with Gasteiger partial charge in [-0.1, -0.05) is 0 Å². The molecular weight excluding hydrogens is 246 g/mol. The minimum absolute atomic E-state index is 0.176. The Morgan fingerprint density at radius 2 is 2.06 bits per heavy atom. The summed E-state index contributed by atoms with van der Waals surface area (Å²) in [5.41, 5.74) is 0. The van der Waals surface area contributed by atoms with Crippen LogP contribution in [0.15, 0.2) is 0 Å². The second-order valence-corrected chi connectivity index (χ2v) is 8.26. The topological polar surface area (TPSA) is 66.6 Å². The molecule has 0 aliphatic carbocycles. The van der Waals surface area contributed by atoms with Crippen LogP contribution in [0.1, 0.15) is 0 Å². The summed E-state index contributed by atoms with van der Waals surface area (Å²) in [6.45, 7) is 2.84. The minimum Gasteiger partial charge on any atom is -0.304 e. The first kappa shape index (κ1) is 12.6. The molecule has 0 radical (unpaired) electrons. The molecule has 2 heterocycles.